The van der Waals surface area contributed by atoms with Crippen molar-refractivity contribution in [3.63, 3.8) is 0 Å². The lowest BCUT2D eigenvalue weighted by molar-refractivity contribution is -0.118. The van der Waals surface area contributed by atoms with Gasteiger partial charge in [-0.05, 0) is 73.4 Å². The van der Waals surface area contributed by atoms with Crippen LogP contribution in [0.4, 0.5) is 5.69 Å². The third kappa shape index (κ3) is 7.50. The zero-order valence-corrected chi connectivity index (χ0v) is 20.2. The van der Waals surface area contributed by atoms with E-state index in [1.54, 1.807) is 62.0 Å². The Morgan fingerprint density at radius 1 is 1.06 bits per heavy atom. The first-order chi connectivity index (χ1) is 15.9. The standard InChI is InChI=1S/C24H27N3O4S2/c1-18-16-20(7-10-23(18)31-2)27-33(29,30)22-8-5-19(6-9-22)4-3-13-26-24(28)17-32-21-11-14-25-15-12-21/h5-12,14-16,27H,3-4,13,17H2,1-2H3,(H,26,28). The number of carbonyl (C=O) groups is 1. The molecule has 2 N–H and O–H groups in total. The summed E-state index contributed by atoms with van der Waals surface area (Å²) < 4.78 is 33.2. The minimum absolute atomic E-state index is 0.0157. The molecular weight excluding hydrogens is 458 g/mol. The van der Waals surface area contributed by atoms with E-state index in [9.17, 15) is 13.2 Å². The first-order valence-electron chi connectivity index (χ1n) is 10.4. The number of sulfonamides is 1. The Morgan fingerprint density at radius 3 is 2.45 bits per heavy atom. The second-order valence-electron chi connectivity index (χ2n) is 7.36. The highest BCUT2D eigenvalue weighted by molar-refractivity contribution is 8.00. The van der Waals surface area contributed by atoms with E-state index in [1.165, 1.54) is 11.8 Å². The zero-order chi connectivity index (χ0) is 23.7. The predicted molar refractivity (Wildman–Crippen MR) is 131 cm³/mol. The first-order valence-corrected chi connectivity index (χ1v) is 12.9. The predicted octanol–water partition coefficient (Wildman–Crippen LogP) is 4.04. The summed E-state index contributed by atoms with van der Waals surface area (Å²) in [5, 5.41) is 2.91. The Balaban J connectivity index is 1.44. The van der Waals surface area contributed by atoms with Crippen LogP contribution in [0.1, 0.15) is 17.5 Å². The average molecular weight is 486 g/mol. The Morgan fingerprint density at radius 2 is 1.79 bits per heavy atom. The molecule has 0 aliphatic rings. The molecule has 0 spiro atoms. The second kappa shape index (κ2) is 11.7. The van der Waals surface area contributed by atoms with Gasteiger partial charge in [-0.3, -0.25) is 14.5 Å². The minimum Gasteiger partial charge on any atom is -0.496 e. The van der Waals surface area contributed by atoms with Crippen LogP contribution in [0.3, 0.4) is 0 Å². The van der Waals surface area contributed by atoms with Crippen LogP contribution in [-0.4, -0.2) is 38.7 Å². The number of hydrogen-bond acceptors (Lipinski definition) is 6. The molecule has 1 amide bonds. The summed E-state index contributed by atoms with van der Waals surface area (Å²) in [6.45, 7) is 2.42. The number of carbonyl (C=O) groups excluding carboxylic acids is 1. The Kier molecular flexibility index (Phi) is 8.73. The van der Waals surface area contributed by atoms with E-state index in [0.717, 1.165) is 28.9 Å². The number of aromatic nitrogens is 1. The molecule has 9 heteroatoms. The molecule has 0 bridgehead atoms. The molecule has 0 atom stereocenters. The molecule has 0 unspecified atom stereocenters. The van der Waals surface area contributed by atoms with E-state index in [1.807, 2.05) is 19.1 Å². The number of nitrogens with one attached hydrogen (secondary N) is 2. The maximum Gasteiger partial charge on any atom is 0.261 e. The molecule has 7 nitrogen and oxygen atoms in total. The van der Waals surface area contributed by atoms with Crippen molar-refractivity contribution < 1.29 is 17.9 Å². The SMILES string of the molecule is COc1ccc(NS(=O)(=O)c2ccc(CCCNC(=O)CSc3ccncc3)cc2)cc1C. The summed E-state index contributed by atoms with van der Waals surface area (Å²) in [5.41, 5.74) is 2.33. The number of hydrogen-bond donors (Lipinski definition) is 2. The summed E-state index contributed by atoms with van der Waals surface area (Å²) in [5.74, 6) is 1.04. The number of nitrogens with zero attached hydrogens (tertiary/aromatic N) is 1. The largest absolute Gasteiger partial charge is 0.496 e. The van der Waals surface area contributed by atoms with Gasteiger partial charge in [0.25, 0.3) is 10.0 Å². The van der Waals surface area contributed by atoms with Gasteiger partial charge in [-0.15, -0.1) is 11.8 Å². The van der Waals surface area contributed by atoms with Crippen molar-refractivity contribution in [2.45, 2.75) is 29.6 Å². The van der Waals surface area contributed by atoms with Crippen molar-refractivity contribution >= 4 is 33.4 Å². The van der Waals surface area contributed by atoms with E-state index < -0.39 is 10.0 Å². The van der Waals surface area contributed by atoms with Crippen LogP contribution in [0.5, 0.6) is 5.75 Å². The molecule has 0 saturated heterocycles. The quantitative estimate of drug-likeness (QED) is 0.314. The molecule has 1 heterocycles. The number of aryl methyl sites for hydroxylation is 2. The van der Waals surface area contributed by atoms with Crippen LogP contribution in [-0.2, 0) is 21.2 Å². The van der Waals surface area contributed by atoms with Crippen LogP contribution < -0.4 is 14.8 Å². The maximum absolute atomic E-state index is 12.7. The number of thioether (sulfide) groups is 1. The van der Waals surface area contributed by atoms with E-state index in [2.05, 4.69) is 15.0 Å². The molecule has 3 aromatic rings. The van der Waals surface area contributed by atoms with Crippen molar-refractivity contribution in [1.29, 1.82) is 0 Å². The van der Waals surface area contributed by atoms with Crippen molar-refractivity contribution in [3.8, 4) is 5.75 Å². The number of benzene rings is 2. The smallest absolute Gasteiger partial charge is 0.261 e. The molecule has 174 valence electrons. The van der Waals surface area contributed by atoms with Crippen LogP contribution in [0.15, 0.2) is 76.8 Å². The summed E-state index contributed by atoms with van der Waals surface area (Å²) in [6.07, 6.45) is 4.91. The lowest BCUT2D eigenvalue weighted by Gasteiger charge is -2.11. The molecule has 0 fully saturated rings. The highest BCUT2D eigenvalue weighted by atomic mass is 32.2. The van der Waals surface area contributed by atoms with Gasteiger partial charge in [-0.25, -0.2) is 8.42 Å². The molecule has 0 radical (unpaired) electrons. The van der Waals surface area contributed by atoms with Gasteiger partial charge in [0.15, 0.2) is 0 Å². The molecule has 3 rings (SSSR count). The lowest BCUT2D eigenvalue weighted by Crippen LogP contribution is -2.26. The van der Waals surface area contributed by atoms with Crippen LogP contribution >= 0.6 is 11.8 Å². The third-order valence-corrected chi connectivity index (χ3v) is 7.27. The monoisotopic (exact) mass is 485 g/mol. The van der Waals surface area contributed by atoms with E-state index in [4.69, 9.17) is 4.74 Å². The summed E-state index contributed by atoms with van der Waals surface area (Å²) >= 11 is 1.47. The number of amides is 1. The van der Waals surface area contributed by atoms with E-state index in [0.29, 0.717) is 23.7 Å². The fourth-order valence-corrected chi connectivity index (χ4v) is 4.91. The van der Waals surface area contributed by atoms with Gasteiger partial charge in [0.1, 0.15) is 5.75 Å². The topological polar surface area (TPSA) is 97.4 Å². The van der Waals surface area contributed by atoms with Gasteiger partial charge in [-0.1, -0.05) is 12.1 Å². The fraction of sp³-hybridized carbons (Fsp3) is 0.250. The van der Waals surface area contributed by atoms with Gasteiger partial charge in [-0.2, -0.15) is 0 Å². The van der Waals surface area contributed by atoms with Gasteiger partial charge < -0.3 is 10.1 Å². The molecule has 33 heavy (non-hydrogen) atoms. The molecule has 2 aromatic carbocycles. The van der Waals surface area contributed by atoms with Crippen LogP contribution in [0, 0.1) is 6.92 Å². The van der Waals surface area contributed by atoms with Gasteiger partial charge >= 0.3 is 0 Å². The van der Waals surface area contributed by atoms with E-state index in [-0.39, 0.29) is 10.8 Å². The van der Waals surface area contributed by atoms with Gasteiger partial charge in [0, 0.05) is 29.5 Å². The maximum atomic E-state index is 12.7. The fourth-order valence-electron chi connectivity index (χ4n) is 3.15. The summed E-state index contributed by atoms with van der Waals surface area (Å²) in [7, 11) is -2.11. The Labute approximate surface area is 199 Å². The van der Waals surface area contributed by atoms with Crippen molar-refractivity contribution in [2.75, 3.05) is 24.1 Å². The van der Waals surface area contributed by atoms with Crippen molar-refractivity contribution in [2.24, 2.45) is 0 Å². The van der Waals surface area contributed by atoms with Crippen LogP contribution in [0.25, 0.3) is 0 Å². The molecule has 0 aliphatic heterocycles. The lowest BCUT2D eigenvalue weighted by atomic mass is 10.1. The van der Waals surface area contributed by atoms with Crippen molar-refractivity contribution in [3.05, 3.63) is 78.1 Å². The van der Waals surface area contributed by atoms with E-state index >= 15 is 0 Å². The zero-order valence-electron chi connectivity index (χ0n) is 18.6. The minimum atomic E-state index is -3.69. The summed E-state index contributed by atoms with van der Waals surface area (Å²) in [6, 6.07) is 15.7. The Bertz CT molecular complexity index is 1170. The summed E-state index contributed by atoms with van der Waals surface area (Å²) in [4.78, 5) is 17.1. The molecule has 0 aliphatic carbocycles. The number of rotatable bonds is 11. The molecule has 1 aromatic heterocycles. The first kappa shape index (κ1) is 24.6. The number of methoxy groups -OCH3 is 1. The number of pyridine rings is 1. The number of ether oxygens (including phenoxy) is 1. The van der Waals surface area contributed by atoms with Gasteiger partial charge in [0.2, 0.25) is 5.91 Å². The second-order valence-corrected chi connectivity index (χ2v) is 10.1. The number of anilines is 1. The van der Waals surface area contributed by atoms with Crippen LogP contribution in [0.2, 0.25) is 0 Å². The molecule has 0 saturated carbocycles. The van der Waals surface area contributed by atoms with Gasteiger partial charge in [0.05, 0.1) is 17.8 Å². The highest BCUT2D eigenvalue weighted by Gasteiger charge is 2.14. The normalized spacial score (nSPS) is 11.1. The third-order valence-electron chi connectivity index (χ3n) is 4.86. The van der Waals surface area contributed by atoms with Crippen molar-refractivity contribution in [1.82, 2.24) is 10.3 Å². The highest BCUT2D eigenvalue weighted by Crippen LogP contribution is 2.24. The average Bonchev–Trinajstić information content (AvgIpc) is 2.81. The Hall–Kier alpha value is -3.04. The molecular formula is C24H27N3O4S2.